The number of rotatable bonds is 4. The molecule has 4 heteroatoms. The quantitative estimate of drug-likeness (QED) is 0.824. The van der Waals surface area contributed by atoms with Crippen LogP contribution in [0.25, 0.3) is 0 Å². The zero-order valence-electron chi connectivity index (χ0n) is 9.13. The Hall–Kier alpha value is -1.26. The number of hydrogen-bond donors (Lipinski definition) is 1. The van der Waals surface area contributed by atoms with Crippen LogP contribution in [-0.2, 0) is 19.4 Å². The predicted octanol–water partition coefficient (Wildman–Crippen LogP) is 2.20. The first-order valence-electron chi connectivity index (χ1n) is 5.09. The average molecular weight is 234 g/mol. The molecule has 16 heavy (non-hydrogen) atoms. The molecule has 0 aliphatic rings. The van der Waals surface area contributed by atoms with Crippen LogP contribution in [0.4, 0.5) is 0 Å². The van der Waals surface area contributed by atoms with E-state index in [1.165, 1.54) is 4.90 Å². The van der Waals surface area contributed by atoms with Crippen molar-refractivity contribution in [1.29, 1.82) is 0 Å². The van der Waals surface area contributed by atoms with E-state index in [0.717, 1.165) is 17.0 Å². The largest absolute Gasteiger partial charge is 0.392 e. The molecule has 2 aromatic rings. The Balaban J connectivity index is 1.94. The normalized spacial score (nSPS) is 10.6. The number of aromatic nitrogens is 2. The van der Waals surface area contributed by atoms with Crippen molar-refractivity contribution < 1.29 is 5.11 Å². The molecule has 0 bridgehead atoms. The fourth-order valence-corrected chi connectivity index (χ4v) is 2.19. The van der Waals surface area contributed by atoms with E-state index in [1.807, 2.05) is 48.3 Å². The van der Waals surface area contributed by atoms with Crippen LogP contribution in [0.2, 0.25) is 0 Å². The number of aryl methyl sites for hydroxylation is 1. The van der Waals surface area contributed by atoms with Crippen LogP contribution in [0.1, 0.15) is 11.3 Å². The first-order chi connectivity index (χ1) is 7.78. The molecule has 1 aromatic heterocycles. The van der Waals surface area contributed by atoms with E-state index in [0.29, 0.717) is 0 Å². The first-order valence-corrected chi connectivity index (χ1v) is 6.07. The Kier molecular flexibility index (Phi) is 3.64. The highest BCUT2D eigenvalue weighted by Gasteiger charge is 1.99. The monoisotopic (exact) mass is 234 g/mol. The maximum absolute atomic E-state index is 8.92. The summed E-state index contributed by atoms with van der Waals surface area (Å²) in [4.78, 5) is 1.20. The molecule has 0 saturated carbocycles. The van der Waals surface area contributed by atoms with Gasteiger partial charge in [0.05, 0.1) is 12.3 Å². The summed E-state index contributed by atoms with van der Waals surface area (Å²) in [6.07, 6.45) is 1.95. The highest BCUT2D eigenvalue weighted by molar-refractivity contribution is 7.98. The minimum absolute atomic E-state index is 0.102. The van der Waals surface area contributed by atoms with Gasteiger partial charge >= 0.3 is 0 Å². The Morgan fingerprint density at radius 1 is 1.25 bits per heavy atom. The summed E-state index contributed by atoms with van der Waals surface area (Å²) in [5.41, 5.74) is 2.03. The fourth-order valence-electron chi connectivity index (χ4n) is 1.39. The molecule has 1 heterocycles. The van der Waals surface area contributed by atoms with Crippen LogP contribution in [0.3, 0.4) is 0 Å². The molecule has 0 aliphatic heterocycles. The smallest absolute Gasteiger partial charge is 0.0727 e. The number of thioether (sulfide) groups is 1. The predicted molar refractivity (Wildman–Crippen MR) is 65.1 cm³/mol. The van der Waals surface area contributed by atoms with Crippen LogP contribution in [0, 0.1) is 0 Å². The lowest BCUT2D eigenvalue weighted by Gasteiger charge is -2.00. The summed E-state index contributed by atoms with van der Waals surface area (Å²) in [6.45, 7) is 0.102. The highest BCUT2D eigenvalue weighted by atomic mass is 32.2. The van der Waals surface area contributed by atoms with E-state index in [9.17, 15) is 0 Å². The van der Waals surface area contributed by atoms with Crippen molar-refractivity contribution in [3.63, 3.8) is 0 Å². The maximum Gasteiger partial charge on any atom is 0.0727 e. The number of nitrogens with zero attached hydrogens (tertiary/aromatic N) is 2. The molecule has 0 atom stereocenters. The topological polar surface area (TPSA) is 38.0 Å². The maximum atomic E-state index is 8.92. The number of aliphatic hydroxyl groups is 1. The zero-order valence-corrected chi connectivity index (χ0v) is 9.94. The summed E-state index contributed by atoms with van der Waals surface area (Å²) in [6, 6.07) is 9.97. The first kappa shape index (κ1) is 11.2. The molecule has 0 saturated heterocycles. The molecular weight excluding hydrogens is 220 g/mol. The van der Waals surface area contributed by atoms with Gasteiger partial charge in [-0.15, -0.1) is 11.8 Å². The highest BCUT2D eigenvalue weighted by Crippen LogP contribution is 2.22. The van der Waals surface area contributed by atoms with Crippen molar-refractivity contribution in [2.45, 2.75) is 17.3 Å². The lowest BCUT2D eigenvalue weighted by Crippen LogP contribution is -1.89. The summed E-state index contributed by atoms with van der Waals surface area (Å²) in [7, 11) is 1.92. The van der Waals surface area contributed by atoms with Gasteiger partial charge in [0.25, 0.3) is 0 Å². The molecule has 0 radical (unpaired) electrons. The van der Waals surface area contributed by atoms with E-state index in [-0.39, 0.29) is 6.61 Å². The molecule has 3 nitrogen and oxygen atoms in total. The summed E-state index contributed by atoms with van der Waals surface area (Å²) in [5.74, 6) is 0.874. The molecule has 0 fully saturated rings. The Morgan fingerprint density at radius 2 is 2.00 bits per heavy atom. The van der Waals surface area contributed by atoms with Crippen LogP contribution >= 0.6 is 11.8 Å². The molecule has 84 valence electrons. The fraction of sp³-hybridized carbons (Fsp3) is 0.250. The van der Waals surface area contributed by atoms with Gasteiger partial charge in [0, 0.05) is 23.9 Å². The van der Waals surface area contributed by atoms with E-state index in [2.05, 4.69) is 5.10 Å². The Labute approximate surface area is 99.1 Å². The van der Waals surface area contributed by atoms with Crippen LogP contribution in [-0.4, -0.2) is 14.9 Å². The van der Waals surface area contributed by atoms with Crippen molar-refractivity contribution in [3.8, 4) is 0 Å². The standard InChI is InChI=1S/C12H14N2OS/c1-14-7-6-11(13-14)9-16-12-4-2-10(8-15)3-5-12/h2-7,15H,8-9H2,1H3. The summed E-state index contributed by atoms with van der Waals surface area (Å²) >= 11 is 1.75. The minimum atomic E-state index is 0.102. The zero-order chi connectivity index (χ0) is 11.4. The van der Waals surface area contributed by atoms with Crippen molar-refractivity contribution in [3.05, 3.63) is 47.8 Å². The number of benzene rings is 1. The number of hydrogen-bond acceptors (Lipinski definition) is 3. The van der Waals surface area contributed by atoms with Crippen molar-refractivity contribution in [2.24, 2.45) is 7.05 Å². The molecular formula is C12H14N2OS. The van der Waals surface area contributed by atoms with Gasteiger partial charge in [-0.3, -0.25) is 4.68 Å². The lowest BCUT2D eigenvalue weighted by molar-refractivity contribution is 0.282. The second-order valence-corrected chi connectivity index (χ2v) is 4.62. The van der Waals surface area contributed by atoms with Crippen molar-refractivity contribution in [1.82, 2.24) is 9.78 Å². The van der Waals surface area contributed by atoms with E-state index in [1.54, 1.807) is 11.8 Å². The Morgan fingerprint density at radius 3 is 2.56 bits per heavy atom. The molecule has 0 aliphatic carbocycles. The number of aliphatic hydroxyl groups excluding tert-OH is 1. The average Bonchev–Trinajstić information content (AvgIpc) is 2.73. The van der Waals surface area contributed by atoms with Gasteiger partial charge in [0.1, 0.15) is 0 Å². The van der Waals surface area contributed by atoms with Gasteiger partial charge in [0.2, 0.25) is 0 Å². The van der Waals surface area contributed by atoms with Gasteiger partial charge in [-0.05, 0) is 23.8 Å². The van der Waals surface area contributed by atoms with E-state index < -0.39 is 0 Å². The molecule has 1 N–H and O–H groups in total. The van der Waals surface area contributed by atoms with Gasteiger partial charge in [-0.1, -0.05) is 12.1 Å². The van der Waals surface area contributed by atoms with E-state index >= 15 is 0 Å². The second-order valence-electron chi connectivity index (χ2n) is 3.57. The van der Waals surface area contributed by atoms with Gasteiger partial charge in [-0.25, -0.2) is 0 Å². The molecule has 0 amide bonds. The summed E-state index contributed by atoms with van der Waals surface area (Å²) in [5, 5.41) is 13.2. The molecule has 2 rings (SSSR count). The van der Waals surface area contributed by atoms with Gasteiger partial charge in [0.15, 0.2) is 0 Å². The van der Waals surface area contributed by atoms with Crippen LogP contribution < -0.4 is 0 Å². The third-order valence-corrected chi connectivity index (χ3v) is 3.31. The van der Waals surface area contributed by atoms with Crippen molar-refractivity contribution in [2.75, 3.05) is 0 Å². The summed E-state index contributed by atoms with van der Waals surface area (Å²) < 4.78 is 1.81. The van der Waals surface area contributed by atoms with Crippen molar-refractivity contribution >= 4 is 11.8 Å². The minimum Gasteiger partial charge on any atom is -0.392 e. The molecule has 1 aromatic carbocycles. The van der Waals surface area contributed by atoms with Gasteiger partial charge < -0.3 is 5.11 Å². The second kappa shape index (κ2) is 5.18. The van der Waals surface area contributed by atoms with Gasteiger partial charge in [-0.2, -0.15) is 5.10 Å². The Bertz CT molecular complexity index is 450. The molecule has 0 unspecified atom stereocenters. The van der Waals surface area contributed by atoms with Crippen LogP contribution in [0.5, 0.6) is 0 Å². The van der Waals surface area contributed by atoms with Crippen LogP contribution in [0.15, 0.2) is 41.4 Å². The third-order valence-electron chi connectivity index (χ3n) is 2.26. The van der Waals surface area contributed by atoms with E-state index in [4.69, 9.17) is 5.11 Å². The third kappa shape index (κ3) is 2.87. The SMILES string of the molecule is Cn1ccc(CSc2ccc(CO)cc2)n1. The lowest BCUT2D eigenvalue weighted by atomic mass is 10.2. The molecule has 0 spiro atoms.